The fourth-order valence-electron chi connectivity index (χ4n) is 2.91. The number of benzene rings is 1. The molecule has 1 aromatic heterocycles. The molecule has 3 rings (SSSR count). The van der Waals surface area contributed by atoms with Crippen LogP contribution in [0.15, 0.2) is 47.5 Å². The smallest absolute Gasteiger partial charge is 0.243 e. The molecule has 5 nitrogen and oxygen atoms in total. The number of rotatable bonds is 4. The minimum absolute atomic E-state index is 0.00713. The number of pyridine rings is 1. The van der Waals surface area contributed by atoms with Crippen molar-refractivity contribution in [3.63, 3.8) is 0 Å². The van der Waals surface area contributed by atoms with E-state index in [9.17, 15) is 12.8 Å². The first-order valence-electron chi connectivity index (χ1n) is 7.43. The second-order valence-corrected chi connectivity index (χ2v) is 7.35. The molecule has 2 aromatic rings. The molecule has 0 unspecified atom stereocenters. The quantitative estimate of drug-likeness (QED) is 0.933. The molecule has 1 saturated heterocycles. The zero-order valence-electron chi connectivity index (χ0n) is 12.7. The van der Waals surface area contributed by atoms with E-state index in [4.69, 9.17) is 0 Å². The zero-order chi connectivity index (χ0) is 16.4. The minimum atomic E-state index is -3.73. The Morgan fingerprint density at radius 1 is 1.30 bits per heavy atom. The summed E-state index contributed by atoms with van der Waals surface area (Å²) in [6.45, 7) is 0.431. The van der Waals surface area contributed by atoms with Crippen LogP contribution < -0.4 is 5.32 Å². The van der Waals surface area contributed by atoms with Gasteiger partial charge in [-0.05, 0) is 48.7 Å². The molecule has 1 N–H and O–H groups in total. The monoisotopic (exact) mass is 335 g/mol. The topological polar surface area (TPSA) is 62.3 Å². The molecule has 1 fully saturated rings. The maximum atomic E-state index is 13.4. The number of hydrogen-bond acceptors (Lipinski definition) is 4. The van der Waals surface area contributed by atoms with E-state index in [1.807, 2.05) is 12.1 Å². The maximum absolute atomic E-state index is 13.4. The summed E-state index contributed by atoms with van der Waals surface area (Å²) in [6, 6.07) is 8.57. The van der Waals surface area contributed by atoms with Crippen LogP contribution in [0.1, 0.15) is 24.4 Å². The van der Waals surface area contributed by atoms with Gasteiger partial charge < -0.3 is 5.32 Å². The fraction of sp³-hybridized carbons (Fsp3) is 0.312. The maximum Gasteiger partial charge on any atom is 0.243 e. The molecule has 0 aliphatic carbocycles. The van der Waals surface area contributed by atoms with Crippen LogP contribution in [0.3, 0.4) is 0 Å². The Hall–Kier alpha value is -1.99. The van der Waals surface area contributed by atoms with Crippen molar-refractivity contribution in [3.8, 4) is 0 Å². The summed E-state index contributed by atoms with van der Waals surface area (Å²) >= 11 is 0. The Morgan fingerprint density at radius 2 is 2.13 bits per heavy atom. The van der Waals surface area contributed by atoms with Gasteiger partial charge in [0.2, 0.25) is 10.0 Å². The second kappa shape index (κ2) is 6.25. The minimum Gasteiger partial charge on any atom is -0.373 e. The van der Waals surface area contributed by atoms with E-state index in [-0.39, 0.29) is 10.9 Å². The van der Waals surface area contributed by atoms with Crippen molar-refractivity contribution in [2.24, 2.45) is 0 Å². The summed E-state index contributed by atoms with van der Waals surface area (Å²) in [6.07, 6.45) is 3.17. The number of halogens is 1. The average molecular weight is 335 g/mol. The van der Waals surface area contributed by atoms with Crippen LogP contribution in [-0.4, -0.2) is 31.3 Å². The molecular weight excluding hydrogens is 317 g/mol. The molecule has 0 amide bonds. The highest BCUT2D eigenvalue weighted by Crippen LogP contribution is 2.36. The molecule has 0 saturated carbocycles. The predicted octanol–water partition coefficient (Wildman–Crippen LogP) is 2.79. The van der Waals surface area contributed by atoms with Gasteiger partial charge in [0.25, 0.3) is 0 Å². The SMILES string of the molecule is CNc1cc([C@@H]2CCCN2S(=O)(=O)c2cccc(F)c2)ccn1. The molecule has 1 atom stereocenters. The van der Waals surface area contributed by atoms with Crippen LogP contribution in [0.5, 0.6) is 0 Å². The van der Waals surface area contributed by atoms with Gasteiger partial charge in [0, 0.05) is 19.8 Å². The lowest BCUT2D eigenvalue weighted by molar-refractivity contribution is 0.396. The van der Waals surface area contributed by atoms with Gasteiger partial charge in [-0.15, -0.1) is 0 Å². The lowest BCUT2D eigenvalue weighted by Gasteiger charge is -2.24. The molecule has 1 aromatic carbocycles. The van der Waals surface area contributed by atoms with E-state index >= 15 is 0 Å². The van der Waals surface area contributed by atoms with E-state index in [2.05, 4.69) is 10.3 Å². The van der Waals surface area contributed by atoms with Gasteiger partial charge in [-0.2, -0.15) is 4.31 Å². The summed E-state index contributed by atoms with van der Waals surface area (Å²) in [5.41, 5.74) is 0.891. The van der Waals surface area contributed by atoms with Crippen molar-refractivity contribution in [1.82, 2.24) is 9.29 Å². The first-order chi connectivity index (χ1) is 11.0. The van der Waals surface area contributed by atoms with Gasteiger partial charge in [-0.3, -0.25) is 0 Å². The van der Waals surface area contributed by atoms with Gasteiger partial charge in [0.05, 0.1) is 10.9 Å². The van der Waals surface area contributed by atoms with Crippen molar-refractivity contribution in [3.05, 3.63) is 54.0 Å². The third-order valence-corrected chi connectivity index (χ3v) is 5.94. The van der Waals surface area contributed by atoms with Crippen LogP contribution in [-0.2, 0) is 10.0 Å². The Morgan fingerprint density at radius 3 is 2.87 bits per heavy atom. The number of aromatic nitrogens is 1. The summed E-state index contributed by atoms with van der Waals surface area (Å²) in [4.78, 5) is 4.15. The van der Waals surface area contributed by atoms with E-state index in [0.717, 1.165) is 24.5 Å². The first-order valence-corrected chi connectivity index (χ1v) is 8.87. The number of nitrogens with zero attached hydrogens (tertiary/aromatic N) is 2. The second-order valence-electron chi connectivity index (χ2n) is 5.46. The summed E-state index contributed by atoms with van der Waals surface area (Å²) in [5, 5.41) is 2.95. The van der Waals surface area contributed by atoms with Crippen LogP contribution in [0, 0.1) is 5.82 Å². The van der Waals surface area contributed by atoms with Gasteiger partial charge in [-0.25, -0.2) is 17.8 Å². The van der Waals surface area contributed by atoms with E-state index in [1.54, 1.807) is 13.2 Å². The van der Waals surface area contributed by atoms with Crippen LogP contribution in [0.2, 0.25) is 0 Å². The molecule has 1 aliphatic heterocycles. The number of sulfonamides is 1. The third-order valence-electron chi connectivity index (χ3n) is 4.03. The molecule has 2 heterocycles. The van der Waals surface area contributed by atoms with E-state index in [1.165, 1.54) is 22.5 Å². The highest BCUT2D eigenvalue weighted by molar-refractivity contribution is 7.89. The van der Waals surface area contributed by atoms with Gasteiger partial charge in [-0.1, -0.05) is 6.07 Å². The van der Waals surface area contributed by atoms with Crippen molar-refractivity contribution in [1.29, 1.82) is 0 Å². The van der Waals surface area contributed by atoms with Crippen LogP contribution in [0.25, 0.3) is 0 Å². The Bertz CT molecular complexity index is 810. The van der Waals surface area contributed by atoms with Crippen molar-refractivity contribution < 1.29 is 12.8 Å². The predicted molar refractivity (Wildman–Crippen MR) is 86.1 cm³/mol. The van der Waals surface area contributed by atoms with Crippen molar-refractivity contribution in [2.75, 3.05) is 18.9 Å². The Kier molecular flexibility index (Phi) is 4.32. The van der Waals surface area contributed by atoms with Crippen LogP contribution >= 0.6 is 0 Å². The summed E-state index contributed by atoms with van der Waals surface area (Å²) in [5.74, 6) is 0.140. The molecular formula is C16H18FN3O2S. The van der Waals surface area contributed by atoms with Gasteiger partial charge >= 0.3 is 0 Å². The molecule has 1 aliphatic rings. The highest BCUT2D eigenvalue weighted by Gasteiger charge is 2.36. The normalized spacial score (nSPS) is 19.0. The summed E-state index contributed by atoms with van der Waals surface area (Å²) < 4.78 is 40.6. The third kappa shape index (κ3) is 3.07. The molecule has 23 heavy (non-hydrogen) atoms. The average Bonchev–Trinajstić information content (AvgIpc) is 3.05. The lowest BCUT2D eigenvalue weighted by atomic mass is 10.1. The van der Waals surface area contributed by atoms with E-state index < -0.39 is 15.8 Å². The van der Waals surface area contributed by atoms with Crippen molar-refractivity contribution in [2.45, 2.75) is 23.8 Å². The van der Waals surface area contributed by atoms with Crippen molar-refractivity contribution >= 4 is 15.8 Å². The number of nitrogens with one attached hydrogen (secondary N) is 1. The fourth-order valence-corrected chi connectivity index (χ4v) is 4.63. The van der Waals surface area contributed by atoms with Crippen LogP contribution in [0.4, 0.5) is 10.2 Å². The summed E-state index contributed by atoms with van der Waals surface area (Å²) in [7, 11) is -1.96. The molecule has 122 valence electrons. The Balaban J connectivity index is 1.97. The van der Waals surface area contributed by atoms with E-state index in [0.29, 0.717) is 12.4 Å². The Labute approximate surface area is 135 Å². The number of anilines is 1. The highest BCUT2D eigenvalue weighted by atomic mass is 32.2. The molecule has 0 radical (unpaired) electrons. The van der Waals surface area contributed by atoms with Gasteiger partial charge in [0.15, 0.2) is 0 Å². The molecule has 0 bridgehead atoms. The molecule has 0 spiro atoms. The zero-order valence-corrected chi connectivity index (χ0v) is 13.6. The lowest BCUT2D eigenvalue weighted by Crippen LogP contribution is -2.30. The van der Waals surface area contributed by atoms with Gasteiger partial charge in [0.1, 0.15) is 11.6 Å². The first kappa shape index (κ1) is 15.9. The standard InChI is InChI=1S/C16H18FN3O2S/c1-18-16-10-12(7-8-19-16)15-6-3-9-20(15)23(21,22)14-5-2-4-13(17)11-14/h2,4-5,7-8,10-11,15H,3,6,9H2,1H3,(H,18,19)/t15-/m0/s1. The largest absolute Gasteiger partial charge is 0.373 e. The number of hydrogen-bond donors (Lipinski definition) is 1. The molecule has 7 heteroatoms.